The molecule has 0 spiro atoms. The summed E-state index contributed by atoms with van der Waals surface area (Å²) in [7, 11) is 0. The molecule has 0 radical (unpaired) electrons. The molecule has 110 valence electrons. The molecule has 2 heterocycles. The maximum atomic E-state index is 13.6. The minimum Gasteiger partial charge on any atom is -0.325 e. The number of hydrogen-bond donors (Lipinski definition) is 0. The molecule has 21 heavy (non-hydrogen) atoms. The van der Waals surface area contributed by atoms with Crippen molar-refractivity contribution in [2.75, 3.05) is 5.88 Å². The van der Waals surface area contributed by atoms with E-state index in [0.717, 1.165) is 23.3 Å². The Kier molecular flexibility index (Phi) is 4.27. The molecule has 5 heteroatoms. The van der Waals surface area contributed by atoms with Gasteiger partial charge < -0.3 is 4.57 Å². The van der Waals surface area contributed by atoms with E-state index in [4.69, 9.17) is 11.6 Å². The lowest BCUT2D eigenvalue weighted by Gasteiger charge is -2.17. The second-order valence-electron chi connectivity index (χ2n) is 5.15. The van der Waals surface area contributed by atoms with Crippen molar-refractivity contribution in [3.05, 3.63) is 52.2 Å². The third kappa shape index (κ3) is 2.97. The van der Waals surface area contributed by atoms with Crippen LogP contribution < -0.4 is 0 Å². The van der Waals surface area contributed by atoms with Gasteiger partial charge in [0.1, 0.15) is 11.6 Å². The van der Waals surface area contributed by atoms with Crippen molar-refractivity contribution in [3.63, 3.8) is 0 Å². The molecule has 1 unspecified atom stereocenters. The van der Waals surface area contributed by atoms with Gasteiger partial charge in [-0.1, -0.05) is 0 Å². The first-order valence-corrected chi connectivity index (χ1v) is 8.40. The largest absolute Gasteiger partial charge is 0.325 e. The van der Waals surface area contributed by atoms with Crippen molar-refractivity contribution in [3.8, 4) is 0 Å². The summed E-state index contributed by atoms with van der Waals surface area (Å²) in [4.78, 5) is 4.61. The number of benzene rings is 1. The summed E-state index contributed by atoms with van der Waals surface area (Å²) in [6.45, 7) is 2.14. The van der Waals surface area contributed by atoms with E-state index in [1.165, 1.54) is 11.6 Å². The van der Waals surface area contributed by atoms with Gasteiger partial charge in [0, 0.05) is 18.3 Å². The highest BCUT2D eigenvalue weighted by Crippen LogP contribution is 2.25. The van der Waals surface area contributed by atoms with Gasteiger partial charge in [-0.2, -0.15) is 11.3 Å². The molecular formula is C16H16ClFN2S. The molecule has 0 aliphatic heterocycles. The Hall–Kier alpha value is -1.39. The van der Waals surface area contributed by atoms with Crippen molar-refractivity contribution in [2.24, 2.45) is 0 Å². The number of thiophene rings is 1. The Morgan fingerprint density at radius 1 is 1.38 bits per heavy atom. The van der Waals surface area contributed by atoms with Gasteiger partial charge in [-0.25, -0.2) is 9.37 Å². The molecular weight excluding hydrogens is 307 g/mol. The third-order valence-corrected chi connectivity index (χ3v) is 4.52. The van der Waals surface area contributed by atoms with E-state index in [1.807, 2.05) is 0 Å². The number of fused-ring (bicyclic) bond motifs is 1. The summed E-state index contributed by atoms with van der Waals surface area (Å²) in [5, 5.41) is 4.23. The first-order chi connectivity index (χ1) is 10.2. The molecule has 0 amide bonds. The number of hydrogen-bond acceptors (Lipinski definition) is 2. The number of nitrogens with zero attached hydrogens (tertiary/aromatic N) is 2. The molecule has 0 bridgehead atoms. The Balaban J connectivity index is 2.05. The van der Waals surface area contributed by atoms with Gasteiger partial charge in [-0.3, -0.25) is 0 Å². The predicted molar refractivity (Wildman–Crippen MR) is 86.8 cm³/mol. The first-order valence-electron chi connectivity index (χ1n) is 6.92. The molecule has 0 N–H and O–H groups in total. The van der Waals surface area contributed by atoms with Crippen LogP contribution in [0.25, 0.3) is 11.0 Å². The van der Waals surface area contributed by atoms with E-state index in [1.54, 1.807) is 23.5 Å². The maximum absolute atomic E-state index is 13.6. The summed E-state index contributed by atoms with van der Waals surface area (Å²) in [5.41, 5.74) is 2.97. The Bertz CT molecular complexity index is 736. The molecule has 0 aliphatic carbocycles. The van der Waals surface area contributed by atoms with Crippen LogP contribution in [-0.2, 0) is 12.8 Å². The Morgan fingerprint density at radius 2 is 2.24 bits per heavy atom. The average molecular weight is 323 g/mol. The number of alkyl halides is 1. The van der Waals surface area contributed by atoms with E-state index >= 15 is 0 Å². The van der Waals surface area contributed by atoms with Gasteiger partial charge in [-0.05, 0) is 53.9 Å². The van der Waals surface area contributed by atoms with Crippen LogP contribution in [0.3, 0.4) is 0 Å². The lowest BCUT2D eigenvalue weighted by molar-refractivity contribution is 0.537. The smallest absolute Gasteiger partial charge is 0.125 e. The maximum Gasteiger partial charge on any atom is 0.125 e. The van der Waals surface area contributed by atoms with Gasteiger partial charge in [0.15, 0.2) is 0 Å². The molecule has 0 saturated carbocycles. The van der Waals surface area contributed by atoms with Crippen LogP contribution in [0, 0.1) is 5.82 Å². The van der Waals surface area contributed by atoms with Crippen molar-refractivity contribution >= 4 is 34.0 Å². The minimum atomic E-state index is -0.233. The molecule has 2 aromatic heterocycles. The van der Waals surface area contributed by atoms with Crippen LogP contribution in [0.4, 0.5) is 4.39 Å². The molecule has 3 rings (SSSR count). The predicted octanol–water partition coefficient (Wildman–Crippen LogP) is 4.82. The van der Waals surface area contributed by atoms with Crippen LogP contribution in [0.1, 0.15) is 24.4 Å². The van der Waals surface area contributed by atoms with Crippen LogP contribution in [0.5, 0.6) is 0 Å². The fourth-order valence-corrected chi connectivity index (χ4v) is 3.56. The average Bonchev–Trinajstić information content (AvgIpc) is 3.06. The normalized spacial score (nSPS) is 12.9. The van der Waals surface area contributed by atoms with Crippen molar-refractivity contribution in [2.45, 2.75) is 25.8 Å². The fourth-order valence-electron chi connectivity index (χ4n) is 2.71. The lowest BCUT2D eigenvalue weighted by Crippen LogP contribution is -2.12. The summed E-state index contributed by atoms with van der Waals surface area (Å²) in [5.74, 6) is 1.20. The van der Waals surface area contributed by atoms with E-state index < -0.39 is 0 Å². The van der Waals surface area contributed by atoms with Gasteiger partial charge >= 0.3 is 0 Å². The van der Waals surface area contributed by atoms with E-state index in [2.05, 4.69) is 33.3 Å². The Labute approximate surface area is 132 Å². The quantitative estimate of drug-likeness (QED) is 0.616. The highest BCUT2D eigenvalue weighted by atomic mass is 35.5. The number of aromatic nitrogens is 2. The zero-order valence-electron chi connectivity index (χ0n) is 11.7. The van der Waals surface area contributed by atoms with Crippen LogP contribution in [-0.4, -0.2) is 15.4 Å². The summed E-state index contributed by atoms with van der Waals surface area (Å²) in [6.07, 6.45) is 1.59. The molecule has 1 atom stereocenters. The Morgan fingerprint density at radius 3 is 2.95 bits per heavy atom. The number of rotatable bonds is 5. The van der Waals surface area contributed by atoms with Crippen LogP contribution >= 0.6 is 22.9 Å². The molecule has 0 aliphatic rings. The van der Waals surface area contributed by atoms with Crippen molar-refractivity contribution in [1.82, 2.24) is 9.55 Å². The van der Waals surface area contributed by atoms with E-state index in [0.29, 0.717) is 12.3 Å². The number of imidazole rings is 1. The van der Waals surface area contributed by atoms with Crippen LogP contribution in [0.15, 0.2) is 35.0 Å². The highest BCUT2D eigenvalue weighted by molar-refractivity contribution is 7.07. The molecule has 1 aromatic carbocycles. The van der Waals surface area contributed by atoms with Crippen molar-refractivity contribution in [1.29, 1.82) is 0 Å². The van der Waals surface area contributed by atoms with Gasteiger partial charge in [0.05, 0.1) is 11.0 Å². The van der Waals surface area contributed by atoms with Gasteiger partial charge in [0.25, 0.3) is 0 Å². The summed E-state index contributed by atoms with van der Waals surface area (Å²) < 4.78 is 15.7. The summed E-state index contributed by atoms with van der Waals surface area (Å²) >= 11 is 7.58. The second kappa shape index (κ2) is 6.16. The topological polar surface area (TPSA) is 17.8 Å². The number of halogens is 2. The standard InChI is InChI=1S/C16H16ClFN2S/c1-11(8-12-5-7-21-10-12)20-15-9-13(18)2-3-14(15)19-16(20)4-6-17/h2-3,5,7,9-11H,4,6,8H2,1H3. The van der Waals surface area contributed by atoms with Crippen LogP contribution in [0.2, 0.25) is 0 Å². The SMILES string of the molecule is CC(Cc1ccsc1)n1c(CCCl)nc2ccc(F)cc21. The first kappa shape index (κ1) is 14.5. The molecule has 0 saturated heterocycles. The zero-order chi connectivity index (χ0) is 14.8. The fraction of sp³-hybridized carbons (Fsp3) is 0.312. The second-order valence-corrected chi connectivity index (χ2v) is 6.31. The molecule has 2 nitrogen and oxygen atoms in total. The number of aryl methyl sites for hydroxylation is 1. The van der Waals surface area contributed by atoms with E-state index in [-0.39, 0.29) is 11.9 Å². The molecule has 0 fully saturated rings. The third-order valence-electron chi connectivity index (χ3n) is 3.59. The lowest BCUT2D eigenvalue weighted by atomic mass is 10.1. The van der Waals surface area contributed by atoms with E-state index in [9.17, 15) is 4.39 Å². The summed E-state index contributed by atoms with van der Waals surface area (Å²) in [6, 6.07) is 7.08. The van der Waals surface area contributed by atoms with Gasteiger partial charge in [0.2, 0.25) is 0 Å². The molecule has 3 aromatic rings. The highest BCUT2D eigenvalue weighted by Gasteiger charge is 2.16. The monoisotopic (exact) mass is 322 g/mol. The van der Waals surface area contributed by atoms with Crippen molar-refractivity contribution < 1.29 is 4.39 Å². The minimum absolute atomic E-state index is 0.213. The van der Waals surface area contributed by atoms with Gasteiger partial charge in [-0.15, -0.1) is 11.6 Å². The zero-order valence-corrected chi connectivity index (χ0v) is 13.3.